The van der Waals surface area contributed by atoms with Crippen molar-refractivity contribution in [3.63, 3.8) is 0 Å². The zero-order chi connectivity index (χ0) is 20.0. The van der Waals surface area contributed by atoms with Crippen LogP contribution in [0.4, 0.5) is 0 Å². The van der Waals surface area contributed by atoms with Crippen molar-refractivity contribution in [2.24, 2.45) is 5.92 Å². The number of hydrogen-bond acceptors (Lipinski definition) is 5. The number of piperazine rings is 1. The van der Waals surface area contributed by atoms with Gasteiger partial charge in [0, 0.05) is 50.7 Å². The number of rotatable bonds is 4. The van der Waals surface area contributed by atoms with Gasteiger partial charge in [0.1, 0.15) is 6.04 Å². The molecule has 2 atom stereocenters. The van der Waals surface area contributed by atoms with E-state index < -0.39 is 6.04 Å². The molecule has 3 heterocycles. The SMILES string of the molecule is O=C1CCC(N2Cc3ccc(CN4CCNCC4C4CCC4)cc3C2=O)C(=O)N1. The molecule has 3 amide bonds. The second kappa shape index (κ2) is 7.54. The van der Waals surface area contributed by atoms with Crippen molar-refractivity contribution in [2.75, 3.05) is 19.6 Å². The molecular weight excluding hydrogens is 368 g/mol. The van der Waals surface area contributed by atoms with Crippen molar-refractivity contribution >= 4 is 17.7 Å². The zero-order valence-electron chi connectivity index (χ0n) is 16.7. The molecule has 29 heavy (non-hydrogen) atoms. The van der Waals surface area contributed by atoms with E-state index in [-0.39, 0.29) is 24.1 Å². The van der Waals surface area contributed by atoms with E-state index in [9.17, 15) is 14.4 Å². The first kappa shape index (κ1) is 18.8. The number of fused-ring (bicyclic) bond motifs is 1. The molecule has 2 N–H and O–H groups in total. The maximum absolute atomic E-state index is 13.0. The van der Waals surface area contributed by atoms with E-state index in [2.05, 4.69) is 21.6 Å². The fraction of sp³-hybridized carbons (Fsp3) is 0.591. The standard InChI is InChI=1S/C22H28N4O3/c27-20-7-6-18(21(28)24-20)26-13-16-5-4-14(10-17(16)22(26)29)12-25-9-8-23-11-19(25)15-2-1-3-15/h4-5,10,15,18-19,23H,1-3,6-9,11-13H2,(H,24,27,28). The highest BCUT2D eigenvalue weighted by molar-refractivity contribution is 6.05. The lowest BCUT2D eigenvalue weighted by molar-refractivity contribution is -0.136. The summed E-state index contributed by atoms with van der Waals surface area (Å²) in [4.78, 5) is 40.9. The highest BCUT2D eigenvalue weighted by Gasteiger charge is 2.39. The van der Waals surface area contributed by atoms with Gasteiger partial charge in [-0.25, -0.2) is 0 Å². The Morgan fingerprint density at radius 3 is 2.72 bits per heavy atom. The topological polar surface area (TPSA) is 81.8 Å². The van der Waals surface area contributed by atoms with Gasteiger partial charge >= 0.3 is 0 Å². The molecule has 7 nitrogen and oxygen atoms in total. The molecule has 3 aliphatic heterocycles. The molecule has 4 aliphatic rings. The summed E-state index contributed by atoms with van der Waals surface area (Å²) in [6.07, 6.45) is 4.69. The van der Waals surface area contributed by atoms with Crippen molar-refractivity contribution in [1.29, 1.82) is 0 Å². The van der Waals surface area contributed by atoms with E-state index in [0.717, 1.165) is 43.2 Å². The van der Waals surface area contributed by atoms with Crippen molar-refractivity contribution in [2.45, 2.75) is 57.3 Å². The van der Waals surface area contributed by atoms with Crippen LogP contribution >= 0.6 is 0 Å². The number of amides is 3. The predicted octanol–water partition coefficient (Wildman–Crippen LogP) is 1.02. The van der Waals surface area contributed by atoms with E-state index in [4.69, 9.17) is 0 Å². The number of nitrogens with zero attached hydrogens (tertiary/aromatic N) is 2. The molecule has 0 spiro atoms. The Balaban J connectivity index is 1.31. The van der Waals surface area contributed by atoms with Crippen LogP contribution in [0, 0.1) is 5.92 Å². The third-order valence-corrected chi connectivity index (χ3v) is 7.07. The molecule has 1 aromatic rings. The molecule has 7 heteroatoms. The van der Waals surface area contributed by atoms with Crippen molar-refractivity contribution in [3.05, 3.63) is 34.9 Å². The van der Waals surface area contributed by atoms with Crippen LogP contribution in [-0.4, -0.2) is 59.2 Å². The van der Waals surface area contributed by atoms with Crippen LogP contribution in [0.2, 0.25) is 0 Å². The average molecular weight is 396 g/mol. The van der Waals surface area contributed by atoms with Gasteiger partial charge in [-0.3, -0.25) is 24.6 Å². The molecule has 1 aliphatic carbocycles. The molecular formula is C22H28N4O3. The van der Waals surface area contributed by atoms with Crippen LogP contribution in [0.25, 0.3) is 0 Å². The van der Waals surface area contributed by atoms with Gasteiger partial charge in [0.05, 0.1) is 0 Å². The first-order chi connectivity index (χ1) is 14.1. The van der Waals surface area contributed by atoms with Crippen LogP contribution in [-0.2, 0) is 22.7 Å². The van der Waals surface area contributed by atoms with Crippen molar-refractivity contribution in [3.8, 4) is 0 Å². The van der Waals surface area contributed by atoms with E-state index in [0.29, 0.717) is 24.6 Å². The monoisotopic (exact) mass is 396 g/mol. The second-order valence-corrected chi connectivity index (χ2v) is 8.82. The number of hydrogen-bond donors (Lipinski definition) is 2. The molecule has 154 valence electrons. The third kappa shape index (κ3) is 3.46. The summed E-state index contributed by atoms with van der Waals surface area (Å²) in [5.41, 5.74) is 2.84. The summed E-state index contributed by atoms with van der Waals surface area (Å²) in [6.45, 7) is 4.41. The summed E-state index contributed by atoms with van der Waals surface area (Å²) in [5.74, 6) is 0.0931. The van der Waals surface area contributed by atoms with E-state index in [1.165, 1.54) is 19.3 Å². The Morgan fingerprint density at radius 2 is 1.97 bits per heavy atom. The average Bonchev–Trinajstić information content (AvgIpc) is 2.98. The number of nitrogens with one attached hydrogen (secondary N) is 2. The van der Waals surface area contributed by atoms with E-state index in [1.54, 1.807) is 4.90 Å². The molecule has 1 aromatic carbocycles. The van der Waals surface area contributed by atoms with E-state index >= 15 is 0 Å². The van der Waals surface area contributed by atoms with E-state index in [1.807, 2.05) is 12.1 Å². The van der Waals surface area contributed by atoms with Crippen LogP contribution in [0.1, 0.15) is 53.6 Å². The molecule has 2 saturated heterocycles. The fourth-order valence-corrected chi connectivity index (χ4v) is 5.19. The lowest BCUT2D eigenvalue weighted by Gasteiger charge is -2.44. The molecule has 3 fully saturated rings. The largest absolute Gasteiger partial charge is 0.322 e. The quantitative estimate of drug-likeness (QED) is 0.743. The molecule has 2 unspecified atom stereocenters. The Labute approximate surface area is 170 Å². The first-order valence-corrected chi connectivity index (χ1v) is 10.8. The summed E-state index contributed by atoms with van der Waals surface area (Å²) < 4.78 is 0. The maximum Gasteiger partial charge on any atom is 0.255 e. The molecule has 1 saturated carbocycles. The fourth-order valence-electron chi connectivity index (χ4n) is 5.19. The maximum atomic E-state index is 13.0. The Bertz CT molecular complexity index is 850. The van der Waals surface area contributed by atoms with Gasteiger partial charge < -0.3 is 10.2 Å². The zero-order valence-corrected chi connectivity index (χ0v) is 16.7. The number of benzene rings is 1. The van der Waals surface area contributed by atoms with Gasteiger partial charge in [-0.2, -0.15) is 0 Å². The minimum atomic E-state index is -0.549. The molecule has 0 radical (unpaired) electrons. The van der Waals surface area contributed by atoms with Crippen LogP contribution in [0.3, 0.4) is 0 Å². The van der Waals surface area contributed by atoms with Crippen LogP contribution in [0.5, 0.6) is 0 Å². The van der Waals surface area contributed by atoms with Crippen LogP contribution < -0.4 is 10.6 Å². The highest BCUT2D eigenvalue weighted by Crippen LogP contribution is 2.34. The summed E-state index contributed by atoms with van der Waals surface area (Å²) in [5, 5.41) is 5.89. The molecule has 0 aromatic heterocycles. The van der Waals surface area contributed by atoms with Crippen molar-refractivity contribution < 1.29 is 14.4 Å². The summed E-state index contributed by atoms with van der Waals surface area (Å²) >= 11 is 0. The Morgan fingerprint density at radius 1 is 1.10 bits per heavy atom. The lowest BCUT2D eigenvalue weighted by atomic mass is 9.78. The highest BCUT2D eigenvalue weighted by atomic mass is 16.2. The normalized spacial score (nSPS) is 28.3. The third-order valence-electron chi connectivity index (χ3n) is 7.07. The molecule has 0 bridgehead atoms. The van der Waals surface area contributed by atoms with Gasteiger partial charge in [0.2, 0.25) is 11.8 Å². The van der Waals surface area contributed by atoms with Gasteiger partial charge in [0.15, 0.2) is 0 Å². The smallest absolute Gasteiger partial charge is 0.255 e. The minimum absolute atomic E-state index is 0.0906. The summed E-state index contributed by atoms with van der Waals surface area (Å²) in [7, 11) is 0. The van der Waals surface area contributed by atoms with Gasteiger partial charge in [-0.1, -0.05) is 18.6 Å². The number of imide groups is 1. The summed E-state index contributed by atoms with van der Waals surface area (Å²) in [6, 6.07) is 6.21. The van der Waals surface area contributed by atoms with Gasteiger partial charge in [-0.15, -0.1) is 0 Å². The van der Waals surface area contributed by atoms with Crippen molar-refractivity contribution in [1.82, 2.24) is 20.4 Å². The molecule has 5 rings (SSSR count). The predicted molar refractivity (Wildman–Crippen MR) is 107 cm³/mol. The first-order valence-electron chi connectivity index (χ1n) is 10.8. The van der Waals surface area contributed by atoms with Gasteiger partial charge in [-0.05, 0) is 42.4 Å². The van der Waals surface area contributed by atoms with Crippen LogP contribution in [0.15, 0.2) is 18.2 Å². The number of piperidine rings is 1. The number of carbonyl (C=O) groups is 3. The second-order valence-electron chi connectivity index (χ2n) is 8.82. The lowest BCUT2D eigenvalue weighted by Crippen LogP contribution is -2.55. The van der Waals surface area contributed by atoms with Gasteiger partial charge in [0.25, 0.3) is 5.91 Å². The minimum Gasteiger partial charge on any atom is -0.322 e. The number of carbonyl (C=O) groups excluding carboxylic acids is 3. The Hall–Kier alpha value is -2.25. The Kier molecular flexibility index (Phi) is 4.87.